The molecule has 1 fully saturated rings. The van der Waals surface area contributed by atoms with Gasteiger partial charge in [0.1, 0.15) is 0 Å². The largest absolute Gasteiger partial charge is 0.319 e. The molecule has 1 N–H and O–H groups in total. The standard InChI is InChI=1S/C25H20BrN5O/c1-15-24(14-31(30-15)13-17-4-2-16(12-27)3-5-17)29-25(32)21-11-23(18-6-7-18)28-22-9-8-19(26)10-20(21)22/h2-5,8-11,14,18H,6-7,13H2,1H3,(H,29,32). The first-order valence-electron chi connectivity index (χ1n) is 10.4. The van der Waals surface area contributed by atoms with Crippen molar-refractivity contribution >= 4 is 38.4 Å². The van der Waals surface area contributed by atoms with Crippen LogP contribution in [0.3, 0.4) is 0 Å². The number of carbonyl (C=O) groups excluding carboxylic acids is 1. The first-order chi connectivity index (χ1) is 15.5. The number of benzene rings is 2. The number of pyridine rings is 1. The lowest BCUT2D eigenvalue weighted by Gasteiger charge is -2.10. The Bertz CT molecular complexity index is 1380. The van der Waals surface area contributed by atoms with Crippen LogP contribution in [0.15, 0.2) is 59.2 Å². The Hall–Kier alpha value is -3.50. The summed E-state index contributed by atoms with van der Waals surface area (Å²) in [6.45, 7) is 2.43. The van der Waals surface area contributed by atoms with Gasteiger partial charge in [0.05, 0.1) is 40.6 Å². The Morgan fingerprint density at radius 3 is 2.72 bits per heavy atom. The molecule has 0 aliphatic heterocycles. The van der Waals surface area contributed by atoms with Gasteiger partial charge >= 0.3 is 0 Å². The highest BCUT2D eigenvalue weighted by atomic mass is 79.9. The van der Waals surface area contributed by atoms with Crippen molar-refractivity contribution in [2.24, 2.45) is 0 Å². The van der Waals surface area contributed by atoms with Gasteiger partial charge in [-0.05, 0) is 61.7 Å². The third-order valence-corrected chi connectivity index (χ3v) is 6.15. The summed E-state index contributed by atoms with van der Waals surface area (Å²) in [5.74, 6) is 0.282. The van der Waals surface area contributed by atoms with E-state index in [4.69, 9.17) is 10.2 Å². The minimum Gasteiger partial charge on any atom is -0.319 e. The van der Waals surface area contributed by atoms with E-state index in [9.17, 15) is 4.79 Å². The second-order valence-corrected chi connectivity index (χ2v) is 9.03. The second kappa shape index (κ2) is 8.21. The van der Waals surface area contributed by atoms with Crippen LogP contribution in [-0.2, 0) is 6.54 Å². The van der Waals surface area contributed by atoms with Crippen molar-refractivity contribution in [3.8, 4) is 6.07 Å². The second-order valence-electron chi connectivity index (χ2n) is 8.12. The van der Waals surface area contributed by atoms with Gasteiger partial charge in [0, 0.05) is 27.7 Å². The SMILES string of the molecule is Cc1nn(Cc2ccc(C#N)cc2)cc1NC(=O)c1cc(C2CC2)nc2ccc(Br)cc12. The number of carbonyl (C=O) groups is 1. The van der Waals surface area contributed by atoms with Crippen molar-refractivity contribution in [1.82, 2.24) is 14.8 Å². The van der Waals surface area contributed by atoms with Crippen molar-refractivity contribution in [2.45, 2.75) is 32.2 Å². The van der Waals surface area contributed by atoms with Crippen molar-refractivity contribution in [1.29, 1.82) is 5.26 Å². The number of aromatic nitrogens is 3. The molecule has 1 aliphatic carbocycles. The number of hydrogen-bond donors (Lipinski definition) is 1. The maximum atomic E-state index is 13.3. The first-order valence-corrected chi connectivity index (χ1v) is 11.2. The molecule has 2 aromatic carbocycles. The summed E-state index contributed by atoms with van der Waals surface area (Å²) in [4.78, 5) is 18.1. The monoisotopic (exact) mass is 485 g/mol. The van der Waals surface area contributed by atoms with E-state index in [0.29, 0.717) is 29.3 Å². The Kier molecular flexibility index (Phi) is 5.24. The molecule has 4 aromatic rings. The molecule has 0 atom stereocenters. The van der Waals surface area contributed by atoms with Gasteiger partial charge in [-0.1, -0.05) is 28.1 Å². The molecule has 1 saturated carbocycles. The molecular weight excluding hydrogens is 466 g/mol. The summed E-state index contributed by atoms with van der Waals surface area (Å²) in [7, 11) is 0. The molecule has 6 nitrogen and oxygen atoms in total. The van der Waals surface area contributed by atoms with Crippen molar-refractivity contribution in [3.63, 3.8) is 0 Å². The molecule has 1 amide bonds. The average molecular weight is 486 g/mol. The Labute approximate surface area is 194 Å². The number of aryl methyl sites for hydroxylation is 1. The number of rotatable bonds is 5. The van der Waals surface area contributed by atoms with E-state index in [-0.39, 0.29) is 5.91 Å². The summed E-state index contributed by atoms with van der Waals surface area (Å²) < 4.78 is 2.70. The molecule has 0 saturated heterocycles. The van der Waals surface area contributed by atoms with E-state index < -0.39 is 0 Å². The van der Waals surface area contributed by atoms with Crippen LogP contribution in [0.1, 0.15) is 51.6 Å². The first kappa shape index (κ1) is 20.4. The van der Waals surface area contributed by atoms with Gasteiger partial charge in [-0.15, -0.1) is 0 Å². The molecule has 32 heavy (non-hydrogen) atoms. The molecule has 0 unspecified atom stereocenters. The van der Waals surface area contributed by atoms with Crippen LogP contribution in [0.4, 0.5) is 5.69 Å². The van der Waals surface area contributed by atoms with E-state index in [1.807, 2.05) is 49.5 Å². The topological polar surface area (TPSA) is 83.6 Å². The van der Waals surface area contributed by atoms with Gasteiger partial charge in [0.15, 0.2) is 0 Å². The normalized spacial score (nSPS) is 13.2. The lowest BCUT2D eigenvalue weighted by molar-refractivity contribution is 0.102. The molecule has 0 bridgehead atoms. The molecule has 158 valence electrons. The Morgan fingerprint density at radius 2 is 2.00 bits per heavy atom. The molecular formula is C25H20BrN5O. The number of nitrogens with zero attached hydrogens (tertiary/aromatic N) is 4. The lowest BCUT2D eigenvalue weighted by atomic mass is 10.1. The number of hydrogen-bond acceptors (Lipinski definition) is 4. The van der Waals surface area contributed by atoms with E-state index in [0.717, 1.165) is 45.2 Å². The number of halogens is 1. The zero-order valence-corrected chi connectivity index (χ0v) is 19.1. The van der Waals surface area contributed by atoms with E-state index in [2.05, 4.69) is 32.4 Å². The van der Waals surface area contributed by atoms with Crippen LogP contribution >= 0.6 is 15.9 Å². The minimum atomic E-state index is -0.168. The molecule has 2 heterocycles. The zero-order chi connectivity index (χ0) is 22.2. The van der Waals surface area contributed by atoms with Gasteiger partial charge in [-0.2, -0.15) is 10.4 Å². The molecule has 0 spiro atoms. The summed E-state index contributed by atoms with van der Waals surface area (Å²) in [6, 6.07) is 17.3. The molecule has 1 aliphatic rings. The highest BCUT2D eigenvalue weighted by Gasteiger charge is 2.27. The fourth-order valence-electron chi connectivity index (χ4n) is 3.78. The van der Waals surface area contributed by atoms with Crippen LogP contribution < -0.4 is 5.32 Å². The minimum absolute atomic E-state index is 0.168. The highest BCUT2D eigenvalue weighted by molar-refractivity contribution is 9.10. The van der Waals surface area contributed by atoms with Crippen molar-refractivity contribution in [2.75, 3.05) is 5.32 Å². The third kappa shape index (κ3) is 4.14. The number of fused-ring (bicyclic) bond motifs is 1. The van der Waals surface area contributed by atoms with Gasteiger partial charge in [0.25, 0.3) is 5.91 Å². The maximum Gasteiger partial charge on any atom is 0.256 e. The lowest BCUT2D eigenvalue weighted by Crippen LogP contribution is -2.14. The number of nitriles is 1. The van der Waals surface area contributed by atoms with Crippen LogP contribution in [-0.4, -0.2) is 20.7 Å². The molecule has 7 heteroatoms. The Morgan fingerprint density at radius 1 is 1.22 bits per heavy atom. The quantitative estimate of drug-likeness (QED) is 0.401. The summed E-state index contributed by atoms with van der Waals surface area (Å²) in [5, 5.41) is 17.4. The zero-order valence-electron chi connectivity index (χ0n) is 17.5. The molecule has 0 radical (unpaired) electrons. The number of anilines is 1. The van der Waals surface area contributed by atoms with Crippen LogP contribution in [0.2, 0.25) is 0 Å². The summed E-state index contributed by atoms with van der Waals surface area (Å²) in [6.07, 6.45) is 4.08. The van der Waals surface area contributed by atoms with Crippen molar-refractivity contribution < 1.29 is 4.79 Å². The van der Waals surface area contributed by atoms with E-state index in [1.54, 1.807) is 16.8 Å². The van der Waals surface area contributed by atoms with Crippen LogP contribution in [0.5, 0.6) is 0 Å². The molecule has 5 rings (SSSR count). The Balaban J connectivity index is 1.42. The average Bonchev–Trinajstić information content (AvgIpc) is 3.58. The smallest absolute Gasteiger partial charge is 0.256 e. The van der Waals surface area contributed by atoms with Crippen LogP contribution in [0.25, 0.3) is 10.9 Å². The summed E-state index contributed by atoms with van der Waals surface area (Å²) in [5.41, 5.74) is 5.51. The summed E-state index contributed by atoms with van der Waals surface area (Å²) >= 11 is 3.51. The van der Waals surface area contributed by atoms with Crippen LogP contribution in [0, 0.1) is 18.3 Å². The predicted molar refractivity (Wildman–Crippen MR) is 127 cm³/mol. The molecule has 2 aromatic heterocycles. The van der Waals surface area contributed by atoms with Gasteiger partial charge in [0.2, 0.25) is 0 Å². The van der Waals surface area contributed by atoms with E-state index in [1.165, 1.54) is 0 Å². The predicted octanol–water partition coefficient (Wildman–Crippen LogP) is 5.55. The number of amides is 1. The van der Waals surface area contributed by atoms with Gasteiger partial charge in [-0.25, -0.2) is 0 Å². The fourth-order valence-corrected chi connectivity index (χ4v) is 4.14. The van der Waals surface area contributed by atoms with Gasteiger partial charge in [-0.3, -0.25) is 14.5 Å². The maximum absolute atomic E-state index is 13.3. The highest BCUT2D eigenvalue weighted by Crippen LogP contribution is 2.40. The fraction of sp³-hybridized carbons (Fsp3) is 0.200. The van der Waals surface area contributed by atoms with Gasteiger partial charge < -0.3 is 5.32 Å². The van der Waals surface area contributed by atoms with E-state index >= 15 is 0 Å². The van der Waals surface area contributed by atoms with Crippen molar-refractivity contribution in [3.05, 3.63) is 87.3 Å². The third-order valence-electron chi connectivity index (χ3n) is 5.65. The number of nitrogens with one attached hydrogen (secondary N) is 1.